The quantitative estimate of drug-likeness (QED) is 0.816. The van der Waals surface area contributed by atoms with Crippen molar-refractivity contribution in [2.24, 2.45) is 0 Å². The minimum absolute atomic E-state index is 0.275. The maximum Gasteiger partial charge on any atom is 0.109 e. The molecular formula is C21H24ClNO2. The van der Waals surface area contributed by atoms with Gasteiger partial charge in [-0.3, -0.25) is 0 Å². The summed E-state index contributed by atoms with van der Waals surface area (Å²) in [6.45, 7) is 2.87. The van der Waals surface area contributed by atoms with Crippen LogP contribution in [0.5, 0.6) is 0 Å². The monoisotopic (exact) mass is 357 g/mol. The molecule has 0 bridgehead atoms. The number of nitrogens with zero attached hydrogens (tertiary/aromatic N) is 1. The Balaban J connectivity index is 1.25. The molecule has 1 N–H and O–H groups in total. The maximum atomic E-state index is 10.9. The number of epoxide rings is 1. The summed E-state index contributed by atoms with van der Waals surface area (Å²) < 4.78 is 5.83. The Bertz CT molecular complexity index is 696. The Morgan fingerprint density at radius 1 is 1.04 bits per heavy atom. The molecule has 0 aliphatic carbocycles. The SMILES string of the molecule is OC1(c2ccc(Cl)cc2)CCN(CCC2OC2c2ccccc2)CC1. The third-order valence-corrected chi connectivity index (χ3v) is 5.76. The number of halogens is 1. The average molecular weight is 358 g/mol. The summed E-state index contributed by atoms with van der Waals surface area (Å²) in [7, 11) is 0. The topological polar surface area (TPSA) is 36.0 Å². The first kappa shape index (κ1) is 17.0. The lowest BCUT2D eigenvalue weighted by atomic mass is 9.84. The van der Waals surface area contributed by atoms with E-state index in [0.29, 0.717) is 11.1 Å². The van der Waals surface area contributed by atoms with Gasteiger partial charge < -0.3 is 14.7 Å². The van der Waals surface area contributed by atoms with E-state index in [1.807, 2.05) is 30.3 Å². The van der Waals surface area contributed by atoms with E-state index in [2.05, 4.69) is 29.2 Å². The zero-order chi connectivity index (χ0) is 17.3. The van der Waals surface area contributed by atoms with Gasteiger partial charge in [0.2, 0.25) is 0 Å². The first-order valence-corrected chi connectivity index (χ1v) is 9.43. The van der Waals surface area contributed by atoms with Gasteiger partial charge in [-0.2, -0.15) is 0 Å². The van der Waals surface area contributed by atoms with Crippen LogP contribution in [-0.2, 0) is 10.3 Å². The molecule has 0 spiro atoms. The van der Waals surface area contributed by atoms with Crippen molar-refractivity contribution in [2.75, 3.05) is 19.6 Å². The molecule has 2 fully saturated rings. The van der Waals surface area contributed by atoms with Gasteiger partial charge in [-0.1, -0.05) is 54.1 Å². The minimum atomic E-state index is -0.719. The highest BCUT2D eigenvalue weighted by atomic mass is 35.5. The smallest absolute Gasteiger partial charge is 0.109 e. The predicted octanol–water partition coefficient (Wildman–Crippen LogP) is 4.15. The van der Waals surface area contributed by atoms with Gasteiger partial charge in [0.25, 0.3) is 0 Å². The van der Waals surface area contributed by atoms with E-state index in [9.17, 15) is 5.11 Å². The molecule has 0 amide bonds. The maximum absolute atomic E-state index is 10.9. The van der Waals surface area contributed by atoms with Gasteiger partial charge in [0.05, 0.1) is 11.7 Å². The fourth-order valence-electron chi connectivity index (χ4n) is 3.80. The zero-order valence-corrected chi connectivity index (χ0v) is 15.0. The average Bonchev–Trinajstić information content (AvgIpc) is 3.42. The molecule has 2 aliphatic heterocycles. The fraction of sp³-hybridized carbons (Fsp3) is 0.429. The second-order valence-electron chi connectivity index (χ2n) is 7.17. The molecule has 2 heterocycles. The van der Waals surface area contributed by atoms with E-state index < -0.39 is 5.60 Å². The predicted molar refractivity (Wildman–Crippen MR) is 99.7 cm³/mol. The molecule has 132 valence electrons. The van der Waals surface area contributed by atoms with Crippen molar-refractivity contribution < 1.29 is 9.84 Å². The number of rotatable bonds is 5. The van der Waals surface area contributed by atoms with Crippen LogP contribution in [-0.4, -0.2) is 35.7 Å². The lowest BCUT2D eigenvalue weighted by molar-refractivity contribution is -0.0262. The van der Waals surface area contributed by atoms with Crippen LogP contribution in [0.4, 0.5) is 0 Å². The van der Waals surface area contributed by atoms with Crippen molar-refractivity contribution in [1.82, 2.24) is 4.90 Å². The van der Waals surface area contributed by atoms with Crippen LogP contribution in [0.2, 0.25) is 5.02 Å². The molecule has 2 aromatic carbocycles. The molecule has 2 atom stereocenters. The van der Waals surface area contributed by atoms with Gasteiger partial charge in [0, 0.05) is 24.7 Å². The summed E-state index contributed by atoms with van der Waals surface area (Å²) in [5.41, 5.74) is 1.54. The van der Waals surface area contributed by atoms with Crippen LogP contribution in [0.1, 0.15) is 36.5 Å². The minimum Gasteiger partial charge on any atom is -0.385 e. The fourth-order valence-corrected chi connectivity index (χ4v) is 3.93. The standard InChI is InChI=1S/C21H24ClNO2/c22-18-8-6-17(7-9-18)21(24)11-14-23(15-12-21)13-10-19-20(25-19)16-4-2-1-3-5-16/h1-9,19-20,24H,10-15H2. The number of piperidine rings is 1. The normalized spacial score (nSPS) is 25.7. The summed E-state index contributed by atoms with van der Waals surface area (Å²) in [6, 6.07) is 18.0. The Morgan fingerprint density at radius 3 is 2.40 bits per heavy atom. The molecule has 0 aromatic heterocycles. The Kier molecular flexibility index (Phi) is 4.83. The Morgan fingerprint density at radius 2 is 1.72 bits per heavy atom. The number of hydrogen-bond donors (Lipinski definition) is 1. The number of hydrogen-bond acceptors (Lipinski definition) is 3. The van der Waals surface area contributed by atoms with Crippen LogP contribution in [0.15, 0.2) is 54.6 Å². The number of benzene rings is 2. The molecule has 4 rings (SSSR count). The van der Waals surface area contributed by atoms with E-state index >= 15 is 0 Å². The van der Waals surface area contributed by atoms with Crippen LogP contribution in [0.3, 0.4) is 0 Å². The number of aliphatic hydroxyl groups is 1. The van der Waals surface area contributed by atoms with Gasteiger partial charge in [-0.05, 0) is 42.5 Å². The Labute approximate surface area is 154 Å². The molecule has 0 radical (unpaired) electrons. The van der Waals surface area contributed by atoms with E-state index in [0.717, 1.165) is 44.5 Å². The van der Waals surface area contributed by atoms with Crippen molar-refractivity contribution >= 4 is 11.6 Å². The van der Waals surface area contributed by atoms with E-state index in [1.165, 1.54) is 5.56 Å². The van der Waals surface area contributed by atoms with Crippen LogP contribution in [0.25, 0.3) is 0 Å². The lowest BCUT2D eigenvalue weighted by Gasteiger charge is -2.38. The molecule has 2 aromatic rings. The second-order valence-corrected chi connectivity index (χ2v) is 7.61. The molecule has 2 aliphatic rings. The lowest BCUT2D eigenvalue weighted by Crippen LogP contribution is -2.43. The third-order valence-electron chi connectivity index (χ3n) is 5.51. The van der Waals surface area contributed by atoms with Crippen molar-refractivity contribution in [2.45, 2.75) is 37.1 Å². The van der Waals surface area contributed by atoms with Gasteiger partial charge in [-0.25, -0.2) is 0 Å². The van der Waals surface area contributed by atoms with Gasteiger partial charge >= 0.3 is 0 Å². The van der Waals surface area contributed by atoms with E-state index in [1.54, 1.807) is 0 Å². The molecule has 25 heavy (non-hydrogen) atoms. The number of likely N-dealkylation sites (tertiary alicyclic amines) is 1. The van der Waals surface area contributed by atoms with Crippen molar-refractivity contribution in [3.05, 3.63) is 70.7 Å². The molecule has 2 unspecified atom stereocenters. The molecule has 2 saturated heterocycles. The third kappa shape index (κ3) is 3.90. The number of ether oxygens (including phenoxy) is 1. The van der Waals surface area contributed by atoms with Gasteiger partial charge in [0.1, 0.15) is 6.10 Å². The summed E-state index contributed by atoms with van der Waals surface area (Å²) in [6.07, 6.45) is 3.21. The summed E-state index contributed by atoms with van der Waals surface area (Å²) >= 11 is 5.95. The van der Waals surface area contributed by atoms with Gasteiger partial charge in [-0.15, -0.1) is 0 Å². The van der Waals surface area contributed by atoms with Crippen molar-refractivity contribution in [1.29, 1.82) is 0 Å². The first-order chi connectivity index (χ1) is 12.1. The van der Waals surface area contributed by atoms with Crippen molar-refractivity contribution in [3.8, 4) is 0 Å². The highest BCUT2D eigenvalue weighted by Gasteiger charge is 2.40. The Hall–Kier alpha value is -1.39. The van der Waals surface area contributed by atoms with Crippen molar-refractivity contribution in [3.63, 3.8) is 0 Å². The van der Waals surface area contributed by atoms with E-state index in [-0.39, 0.29) is 6.10 Å². The molecule has 3 nitrogen and oxygen atoms in total. The largest absolute Gasteiger partial charge is 0.385 e. The molecule has 0 saturated carbocycles. The highest BCUT2D eigenvalue weighted by Crippen LogP contribution is 2.41. The van der Waals surface area contributed by atoms with Gasteiger partial charge in [0.15, 0.2) is 0 Å². The summed E-state index contributed by atoms with van der Waals surface area (Å²) in [5.74, 6) is 0. The molecule has 4 heteroatoms. The zero-order valence-electron chi connectivity index (χ0n) is 14.3. The first-order valence-electron chi connectivity index (χ1n) is 9.05. The van der Waals surface area contributed by atoms with E-state index in [4.69, 9.17) is 16.3 Å². The second kappa shape index (κ2) is 7.08. The van der Waals surface area contributed by atoms with Crippen LogP contribution in [0, 0.1) is 0 Å². The highest BCUT2D eigenvalue weighted by molar-refractivity contribution is 6.30. The summed E-state index contributed by atoms with van der Waals surface area (Å²) in [4.78, 5) is 2.44. The summed E-state index contributed by atoms with van der Waals surface area (Å²) in [5, 5.41) is 11.6. The van der Waals surface area contributed by atoms with Crippen LogP contribution < -0.4 is 0 Å². The van der Waals surface area contributed by atoms with Crippen LogP contribution >= 0.6 is 11.6 Å². The molecular weight excluding hydrogens is 334 g/mol.